The second-order valence-corrected chi connectivity index (χ2v) is 5.16. The van der Waals surface area contributed by atoms with E-state index in [1.807, 2.05) is 0 Å². The van der Waals surface area contributed by atoms with E-state index in [2.05, 4.69) is 19.8 Å². The maximum Gasteiger partial charge on any atom is 0.573 e. The first-order valence-electron chi connectivity index (χ1n) is 7.25. The lowest BCUT2D eigenvalue weighted by Gasteiger charge is -2.14. The highest BCUT2D eigenvalue weighted by Crippen LogP contribution is 2.34. The van der Waals surface area contributed by atoms with E-state index >= 15 is 0 Å². The van der Waals surface area contributed by atoms with E-state index in [1.54, 1.807) is 0 Å². The molecule has 1 amide bonds. The number of amides is 1. The lowest BCUT2D eigenvalue weighted by Crippen LogP contribution is -2.19. The van der Waals surface area contributed by atoms with Crippen molar-refractivity contribution in [2.45, 2.75) is 19.0 Å². The smallest absolute Gasteiger partial charge is 0.481 e. The normalized spacial score (nSPS) is 11.8. The van der Waals surface area contributed by atoms with Gasteiger partial charge in [-0.05, 0) is 23.8 Å². The standard InChI is InChI=1S/C16H12F6N2O3/c1-26-13-7-6-11(14(24-13)15(17,18)19)23-12(25)8-9-2-4-10(5-3-9)27-16(20,21)22/h2-7H,8H2,1H3,(H,23,25). The third-order valence-electron chi connectivity index (χ3n) is 3.14. The minimum Gasteiger partial charge on any atom is -0.481 e. The molecule has 0 spiro atoms. The predicted molar refractivity (Wildman–Crippen MR) is 81.2 cm³/mol. The third kappa shape index (κ3) is 6.04. The minimum absolute atomic E-state index is 0.275. The first kappa shape index (κ1) is 20.3. The first-order valence-corrected chi connectivity index (χ1v) is 7.25. The zero-order chi connectivity index (χ0) is 20.2. The Bertz CT molecular complexity index is 803. The maximum atomic E-state index is 13.0. The average molecular weight is 394 g/mol. The molecule has 0 atom stereocenters. The molecule has 11 heteroatoms. The highest BCUT2D eigenvalue weighted by molar-refractivity contribution is 5.92. The summed E-state index contributed by atoms with van der Waals surface area (Å²) in [5.41, 5.74) is -1.62. The molecule has 0 aliphatic heterocycles. The highest BCUT2D eigenvalue weighted by atomic mass is 19.4. The number of carbonyl (C=O) groups is 1. The number of pyridine rings is 1. The van der Waals surface area contributed by atoms with Gasteiger partial charge in [0.25, 0.3) is 0 Å². The number of carbonyl (C=O) groups excluding carboxylic acids is 1. The Balaban J connectivity index is 2.10. The molecule has 0 radical (unpaired) electrons. The van der Waals surface area contributed by atoms with E-state index in [4.69, 9.17) is 0 Å². The maximum absolute atomic E-state index is 13.0. The molecule has 0 saturated heterocycles. The van der Waals surface area contributed by atoms with Crippen LogP contribution in [0.1, 0.15) is 11.3 Å². The summed E-state index contributed by atoms with van der Waals surface area (Å²) in [6, 6.07) is 6.51. The molecule has 0 unspecified atom stereocenters. The van der Waals surface area contributed by atoms with E-state index in [0.29, 0.717) is 0 Å². The number of benzene rings is 1. The molecular formula is C16H12F6N2O3. The van der Waals surface area contributed by atoms with Gasteiger partial charge in [-0.25, -0.2) is 4.98 Å². The Hall–Kier alpha value is -2.98. The van der Waals surface area contributed by atoms with Crippen molar-refractivity contribution in [2.75, 3.05) is 12.4 Å². The van der Waals surface area contributed by atoms with Crippen LogP contribution < -0.4 is 14.8 Å². The first-order chi connectivity index (χ1) is 12.5. The number of hydrogen-bond donors (Lipinski definition) is 1. The zero-order valence-electron chi connectivity index (χ0n) is 13.6. The van der Waals surface area contributed by atoms with E-state index in [9.17, 15) is 31.1 Å². The number of methoxy groups -OCH3 is 1. The Morgan fingerprint density at radius 1 is 1.04 bits per heavy atom. The van der Waals surface area contributed by atoms with Crippen LogP contribution in [0, 0.1) is 0 Å². The molecule has 0 aliphatic carbocycles. The molecule has 2 rings (SSSR count). The van der Waals surface area contributed by atoms with Gasteiger partial charge >= 0.3 is 12.5 Å². The number of hydrogen-bond acceptors (Lipinski definition) is 4. The van der Waals surface area contributed by atoms with Gasteiger partial charge in [0.2, 0.25) is 11.8 Å². The van der Waals surface area contributed by atoms with Gasteiger partial charge in [0.1, 0.15) is 5.75 Å². The summed E-state index contributed by atoms with van der Waals surface area (Å²) in [5, 5.41) is 2.08. The van der Waals surface area contributed by atoms with Gasteiger partial charge < -0.3 is 14.8 Å². The van der Waals surface area contributed by atoms with Crippen LogP contribution in [0.5, 0.6) is 11.6 Å². The summed E-state index contributed by atoms with van der Waals surface area (Å²) in [7, 11) is 1.15. The molecule has 27 heavy (non-hydrogen) atoms. The van der Waals surface area contributed by atoms with E-state index in [0.717, 1.165) is 31.4 Å². The highest BCUT2D eigenvalue weighted by Gasteiger charge is 2.36. The molecule has 1 N–H and O–H groups in total. The number of halogens is 6. The van der Waals surface area contributed by atoms with Crippen LogP contribution in [0.4, 0.5) is 32.0 Å². The van der Waals surface area contributed by atoms with Gasteiger partial charge in [-0.3, -0.25) is 4.79 Å². The monoisotopic (exact) mass is 394 g/mol. The largest absolute Gasteiger partial charge is 0.573 e. The Labute approximate surface area is 148 Å². The van der Waals surface area contributed by atoms with Crippen LogP contribution >= 0.6 is 0 Å². The number of rotatable bonds is 5. The van der Waals surface area contributed by atoms with E-state index in [-0.39, 0.29) is 17.9 Å². The van der Waals surface area contributed by atoms with Crippen LogP contribution in [-0.2, 0) is 17.4 Å². The van der Waals surface area contributed by atoms with Crippen molar-refractivity contribution in [3.05, 3.63) is 47.7 Å². The van der Waals surface area contributed by atoms with Crippen LogP contribution in [0.15, 0.2) is 36.4 Å². The quantitative estimate of drug-likeness (QED) is 0.773. The van der Waals surface area contributed by atoms with Crippen LogP contribution in [0.25, 0.3) is 0 Å². The lowest BCUT2D eigenvalue weighted by atomic mass is 10.1. The summed E-state index contributed by atoms with van der Waals surface area (Å²) >= 11 is 0. The fourth-order valence-electron chi connectivity index (χ4n) is 2.06. The van der Waals surface area contributed by atoms with Gasteiger partial charge in [-0.1, -0.05) is 12.1 Å². The molecule has 0 aliphatic rings. The van der Waals surface area contributed by atoms with Gasteiger partial charge in [0.15, 0.2) is 5.69 Å². The van der Waals surface area contributed by atoms with Gasteiger partial charge in [-0.15, -0.1) is 13.2 Å². The van der Waals surface area contributed by atoms with Crippen molar-refractivity contribution in [2.24, 2.45) is 0 Å². The molecule has 0 fully saturated rings. The number of alkyl halides is 6. The summed E-state index contributed by atoms with van der Waals surface area (Å²) in [4.78, 5) is 15.3. The van der Waals surface area contributed by atoms with Gasteiger partial charge in [0, 0.05) is 6.07 Å². The molecule has 1 aromatic carbocycles. The zero-order valence-corrected chi connectivity index (χ0v) is 13.6. The predicted octanol–water partition coefficient (Wildman–Crippen LogP) is 4.19. The number of ether oxygens (including phenoxy) is 2. The number of anilines is 1. The molecular weight excluding hydrogens is 382 g/mol. The van der Waals surface area contributed by atoms with Crippen molar-refractivity contribution >= 4 is 11.6 Å². The summed E-state index contributed by atoms with van der Waals surface area (Å²) in [5.74, 6) is -1.57. The van der Waals surface area contributed by atoms with Gasteiger partial charge in [0.05, 0.1) is 19.2 Å². The Morgan fingerprint density at radius 2 is 1.67 bits per heavy atom. The number of nitrogens with one attached hydrogen (secondary N) is 1. The molecule has 1 heterocycles. The van der Waals surface area contributed by atoms with Crippen molar-refractivity contribution in [1.82, 2.24) is 4.98 Å². The van der Waals surface area contributed by atoms with Crippen LogP contribution in [0.2, 0.25) is 0 Å². The summed E-state index contributed by atoms with van der Waals surface area (Å²) in [6.07, 6.45) is -10.0. The topological polar surface area (TPSA) is 60.5 Å². The number of nitrogens with zero attached hydrogens (tertiary/aromatic N) is 1. The van der Waals surface area contributed by atoms with Crippen LogP contribution in [-0.4, -0.2) is 24.4 Å². The summed E-state index contributed by atoms with van der Waals surface area (Å²) in [6.45, 7) is 0. The second-order valence-electron chi connectivity index (χ2n) is 5.16. The van der Waals surface area contributed by atoms with E-state index < -0.39 is 35.6 Å². The molecule has 0 bridgehead atoms. The SMILES string of the molecule is COc1ccc(NC(=O)Cc2ccc(OC(F)(F)F)cc2)c(C(F)(F)F)n1. The van der Waals surface area contributed by atoms with Crippen LogP contribution in [0.3, 0.4) is 0 Å². The average Bonchev–Trinajstić information content (AvgIpc) is 2.54. The minimum atomic E-state index is -4.85. The Kier molecular flexibility index (Phi) is 5.82. The van der Waals surface area contributed by atoms with Crippen molar-refractivity contribution in [3.63, 3.8) is 0 Å². The fraction of sp³-hybridized carbons (Fsp3) is 0.250. The molecule has 146 valence electrons. The lowest BCUT2D eigenvalue weighted by molar-refractivity contribution is -0.274. The second kappa shape index (κ2) is 7.72. The Morgan fingerprint density at radius 3 is 2.19 bits per heavy atom. The molecule has 0 saturated carbocycles. The van der Waals surface area contributed by atoms with E-state index in [1.165, 1.54) is 12.1 Å². The third-order valence-corrected chi connectivity index (χ3v) is 3.14. The fourth-order valence-corrected chi connectivity index (χ4v) is 2.06. The molecule has 5 nitrogen and oxygen atoms in total. The van der Waals surface area contributed by atoms with Crippen molar-refractivity contribution in [3.8, 4) is 11.6 Å². The van der Waals surface area contributed by atoms with Gasteiger partial charge in [-0.2, -0.15) is 13.2 Å². The molecule has 2 aromatic rings. The molecule has 1 aromatic heterocycles. The summed E-state index contributed by atoms with van der Waals surface area (Å²) < 4.78 is 83.7. The van der Waals surface area contributed by atoms with Crippen molar-refractivity contribution < 1.29 is 40.6 Å². The van der Waals surface area contributed by atoms with Crippen molar-refractivity contribution in [1.29, 1.82) is 0 Å². The number of aromatic nitrogens is 1.